The van der Waals surface area contributed by atoms with Crippen LogP contribution in [0.15, 0.2) is 23.8 Å². The van der Waals surface area contributed by atoms with Crippen molar-refractivity contribution in [3.8, 4) is 11.5 Å². The van der Waals surface area contributed by atoms with E-state index in [0.717, 1.165) is 0 Å². The highest BCUT2D eigenvalue weighted by molar-refractivity contribution is 6.26. The summed E-state index contributed by atoms with van der Waals surface area (Å²) < 4.78 is 10.3. The Morgan fingerprint density at radius 1 is 1.00 bits per heavy atom. The molecule has 18 heavy (non-hydrogen) atoms. The third-order valence-corrected chi connectivity index (χ3v) is 3.02. The minimum Gasteiger partial charge on any atom is -0.496 e. The largest absolute Gasteiger partial charge is 0.496 e. The quantitative estimate of drug-likeness (QED) is 0.821. The summed E-state index contributed by atoms with van der Waals surface area (Å²) in [6, 6.07) is 3.27. The van der Waals surface area contributed by atoms with Crippen LogP contribution in [0.3, 0.4) is 0 Å². The van der Waals surface area contributed by atoms with E-state index in [1.54, 1.807) is 12.1 Å². The number of rotatable bonds is 3. The maximum absolute atomic E-state index is 12.3. The van der Waals surface area contributed by atoms with Crippen molar-refractivity contribution >= 4 is 11.6 Å². The van der Waals surface area contributed by atoms with E-state index in [4.69, 9.17) is 9.47 Å². The highest BCUT2D eigenvalue weighted by Crippen LogP contribution is 2.36. The van der Waals surface area contributed by atoms with Gasteiger partial charge in [-0.25, -0.2) is 0 Å². The maximum atomic E-state index is 12.3. The van der Waals surface area contributed by atoms with Crippen LogP contribution < -0.4 is 9.47 Å². The van der Waals surface area contributed by atoms with Gasteiger partial charge in [0.15, 0.2) is 11.6 Å². The minimum absolute atomic E-state index is 0.164. The number of ether oxygens (including phenoxy) is 2. The van der Waals surface area contributed by atoms with Gasteiger partial charge in [0.1, 0.15) is 11.5 Å². The second kappa shape index (κ2) is 4.64. The van der Waals surface area contributed by atoms with Gasteiger partial charge in [-0.3, -0.25) is 9.59 Å². The summed E-state index contributed by atoms with van der Waals surface area (Å²) in [7, 11) is 2.95. The Hall–Kier alpha value is -2.10. The van der Waals surface area contributed by atoms with Crippen molar-refractivity contribution in [2.75, 3.05) is 14.2 Å². The molecule has 0 saturated heterocycles. The van der Waals surface area contributed by atoms with E-state index in [1.165, 1.54) is 20.3 Å². The zero-order chi connectivity index (χ0) is 13.3. The molecule has 0 aromatic heterocycles. The monoisotopic (exact) mass is 246 g/mol. The maximum Gasteiger partial charge on any atom is 0.193 e. The van der Waals surface area contributed by atoms with E-state index in [2.05, 4.69) is 0 Å². The fourth-order valence-corrected chi connectivity index (χ4v) is 2.09. The third-order valence-electron chi connectivity index (χ3n) is 3.02. The summed E-state index contributed by atoms with van der Waals surface area (Å²) in [5, 5.41) is 0. The number of ketones is 2. The van der Waals surface area contributed by atoms with E-state index in [9.17, 15) is 9.59 Å². The van der Waals surface area contributed by atoms with Gasteiger partial charge in [0.2, 0.25) is 0 Å². The van der Waals surface area contributed by atoms with Crippen LogP contribution in [0.25, 0.3) is 0 Å². The summed E-state index contributed by atoms with van der Waals surface area (Å²) >= 11 is 0. The van der Waals surface area contributed by atoms with Crippen LogP contribution >= 0.6 is 0 Å². The predicted octanol–water partition coefficient (Wildman–Crippen LogP) is 2.42. The SMILES string of the molecule is CCC1=CC(=O)c2c(OC)ccc(OC)c2C1=O. The molecule has 0 saturated carbocycles. The van der Waals surface area contributed by atoms with Crippen LogP contribution in [-0.2, 0) is 0 Å². The molecule has 94 valence electrons. The van der Waals surface area contributed by atoms with E-state index < -0.39 is 0 Å². The van der Waals surface area contributed by atoms with Crippen LogP contribution in [0.1, 0.15) is 34.1 Å². The Balaban J connectivity index is 2.74. The molecule has 1 aliphatic carbocycles. The molecule has 1 aliphatic rings. The molecule has 4 heteroatoms. The zero-order valence-electron chi connectivity index (χ0n) is 10.6. The van der Waals surface area contributed by atoms with Crippen LogP contribution in [-0.4, -0.2) is 25.8 Å². The lowest BCUT2D eigenvalue weighted by atomic mass is 9.87. The molecule has 0 atom stereocenters. The average Bonchev–Trinajstić information content (AvgIpc) is 2.41. The number of fused-ring (bicyclic) bond motifs is 1. The van der Waals surface area contributed by atoms with Gasteiger partial charge in [-0.1, -0.05) is 6.92 Å². The van der Waals surface area contributed by atoms with Gasteiger partial charge < -0.3 is 9.47 Å². The number of allylic oxidation sites excluding steroid dienone is 2. The van der Waals surface area contributed by atoms with Crippen LogP contribution in [0.5, 0.6) is 11.5 Å². The van der Waals surface area contributed by atoms with Crippen LogP contribution in [0.2, 0.25) is 0 Å². The summed E-state index contributed by atoms with van der Waals surface area (Å²) in [5.74, 6) is 0.429. The summed E-state index contributed by atoms with van der Waals surface area (Å²) in [6.45, 7) is 1.84. The lowest BCUT2D eigenvalue weighted by Gasteiger charge is -2.19. The fraction of sp³-hybridized carbons (Fsp3) is 0.286. The highest BCUT2D eigenvalue weighted by Gasteiger charge is 2.30. The molecule has 1 aromatic rings. The molecule has 0 bridgehead atoms. The molecule has 2 rings (SSSR count). The molecule has 1 aromatic carbocycles. The smallest absolute Gasteiger partial charge is 0.193 e. The number of carbonyl (C=O) groups excluding carboxylic acids is 2. The fourth-order valence-electron chi connectivity index (χ4n) is 2.09. The van der Waals surface area contributed by atoms with Gasteiger partial charge in [0.05, 0.1) is 25.3 Å². The molecule has 0 unspecified atom stereocenters. The highest BCUT2D eigenvalue weighted by atomic mass is 16.5. The lowest BCUT2D eigenvalue weighted by Crippen LogP contribution is -2.18. The van der Waals surface area contributed by atoms with Gasteiger partial charge in [-0.2, -0.15) is 0 Å². The molecule has 0 spiro atoms. The number of benzene rings is 1. The van der Waals surface area contributed by atoms with Crippen molar-refractivity contribution in [2.45, 2.75) is 13.3 Å². The lowest BCUT2D eigenvalue weighted by molar-refractivity contribution is 0.0977. The van der Waals surface area contributed by atoms with Gasteiger partial charge >= 0.3 is 0 Å². The second-order valence-electron chi connectivity index (χ2n) is 3.94. The van der Waals surface area contributed by atoms with E-state index in [-0.39, 0.29) is 11.6 Å². The third kappa shape index (κ3) is 1.70. The topological polar surface area (TPSA) is 52.6 Å². The molecule has 0 aliphatic heterocycles. The Morgan fingerprint density at radius 3 is 2.06 bits per heavy atom. The van der Waals surface area contributed by atoms with Crippen molar-refractivity contribution in [3.05, 3.63) is 34.9 Å². The van der Waals surface area contributed by atoms with E-state index in [1.807, 2.05) is 6.92 Å². The first kappa shape index (κ1) is 12.4. The van der Waals surface area contributed by atoms with Gasteiger partial charge in [-0.15, -0.1) is 0 Å². The molecular weight excluding hydrogens is 232 g/mol. The Labute approximate surface area is 105 Å². The normalized spacial score (nSPS) is 14.1. The summed E-state index contributed by atoms with van der Waals surface area (Å²) in [5.41, 5.74) is 1.10. The molecule has 0 heterocycles. The molecule has 4 nitrogen and oxygen atoms in total. The number of Topliss-reactive ketones (excluding diaryl/α,β-unsaturated/α-hetero) is 1. The van der Waals surface area contributed by atoms with E-state index in [0.29, 0.717) is 34.6 Å². The van der Waals surface area contributed by atoms with Crippen molar-refractivity contribution in [1.82, 2.24) is 0 Å². The summed E-state index contributed by atoms with van der Waals surface area (Å²) in [6.07, 6.45) is 1.90. The zero-order valence-corrected chi connectivity index (χ0v) is 10.6. The second-order valence-corrected chi connectivity index (χ2v) is 3.94. The molecule has 0 fully saturated rings. The standard InChI is InChI=1S/C14H14O4/c1-4-8-7-9(15)12-10(17-2)5-6-11(18-3)13(12)14(8)16/h5-7H,4H2,1-3H3. The first-order valence-corrected chi connectivity index (χ1v) is 5.68. The van der Waals surface area contributed by atoms with Gasteiger partial charge in [-0.05, 0) is 24.6 Å². The average molecular weight is 246 g/mol. The van der Waals surface area contributed by atoms with Crippen molar-refractivity contribution in [1.29, 1.82) is 0 Å². The Bertz CT molecular complexity index is 555. The first-order valence-electron chi connectivity index (χ1n) is 5.68. The number of hydrogen-bond acceptors (Lipinski definition) is 4. The van der Waals surface area contributed by atoms with Crippen molar-refractivity contribution < 1.29 is 19.1 Å². The van der Waals surface area contributed by atoms with Gasteiger partial charge in [0.25, 0.3) is 0 Å². The van der Waals surface area contributed by atoms with Crippen LogP contribution in [0.4, 0.5) is 0 Å². The Morgan fingerprint density at radius 2 is 1.56 bits per heavy atom. The van der Waals surface area contributed by atoms with E-state index >= 15 is 0 Å². The molecule has 0 N–H and O–H groups in total. The Kier molecular flexibility index (Phi) is 3.19. The van der Waals surface area contributed by atoms with Crippen molar-refractivity contribution in [2.24, 2.45) is 0 Å². The minimum atomic E-state index is -0.211. The number of hydrogen-bond donors (Lipinski definition) is 0. The molecule has 0 radical (unpaired) electrons. The molecular formula is C14H14O4. The molecule has 0 amide bonds. The first-order chi connectivity index (χ1) is 8.63. The van der Waals surface area contributed by atoms with Gasteiger partial charge in [0, 0.05) is 5.57 Å². The van der Waals surface area contributed by atoms with Crippen LogP contribution in [0, 0.1) is 0 Å². The summed E-state index contributed by atoms with van der Waals surface area (Å²) in [4.78, 5) is 24.4. The predicted molar refractivity (Wildman–Crippen MR) is 66.6 cm³/mol. The number of carbonyl (C=O) groups is 2. The number of methoxy groups -OCH3 is 2. The van der Waals surface area contributed by atoms with Crippen molar-refractivity contribution in [3.63, 3.8) is 0 Å².